The predicted molar refractivity (Wildman–Crippen MR) is 127 cm³/mol. The maximum atomic E-state index is 12.7. The summed E-state index contributed by atoms with van der Waals surface area (Å²) in [6.07, 6.45) is -6.96. The fourth-order valence-corrected chi connectivity index (χ4v) is 3.63. The van der Waals surface area contributed by atoms with Gasteiger partial charge in [0.2, 0.25) is 6.29 Å². The number of hydrogen-bond acceptors (Lipinski definition) is 9. The van der Waals surface area contributed by atoms with E-state index in [1.165, 1.54) is 7.11 Å². The lowest BCUT2D eigenvalue weighted by atomic mass is 9.99. The summed E-state index contributed by atoms with van der Waals surface area (Å²) in [6, 6.07) is 23.1. The molecule has 0 unspecified atom stereocenters. The maximum Gasteiger partial charge on any atom is 0.338 e. The number of rotatable bonds is 8. The van der Waals surface area contributed by atoms with Gasteiger partial charge in [0.15, 0.2) is 6.10 Å². The first kappa shape index (κ1) is 25.2. The molecule has 0 spiro atoms. The molecular formula is C27H26O9. The molecule has 0 amide bonds. The summed E-state index contributed by atoms with van der Waals surface area (Å²) in [4.78, 5) is 25.0. The summed E-state index contributed by atoms with van der Waals surface area (Å²) in [7, 11) is 1.53. The molecule has 3 aromatic carbocycles. The molecule has 1 aliphatic heterocycles. The average molecular weight is 494 g/mol. The van der Waals surface area contributed by atoms with Crippen LogP contribution < -0.4 is 9.47 Å². The average Bonchev–Trinajstić information content (AvgIpc) is 2.93. The molecule has 9 nitrogen and oxygen atoms in total. The molecule has 4 rings (SSSR count). The Kier molecular flexibility index (Phi) is 8.17. The first-order chi connectivity index (χ1) is 17.5. The molecule has 188 valence electrons. The van der Waals surface area contributed by atoms with Crippen LogP contribution in [0, 0.1) is 0 Å². The summed E-state index contributed by atoms with van der Waals surface area (Å²) in [5.74, 6) is -0.413. The number of methoxy groups -OCH3 is 1. The Balaban J connectivity index is 1.51. The number of carbonyl (C=O) groups excluding carboxylic acids is 2. The Morgan fingerprint density at radius 3 is 1.92 bits per heavy atom. The van der Waals surface area contributed by atoms with Crippen molar-refractivity contribution in [2.45, 2.75) is 30.7 Å². The van der Waals surface area contributed by atoms with E-state index in [2.05, 4.69) is 0 Å². The Morgan fingerprint density at radius 2 is 1.33 bits per heavy atom. The van der Waals surface area contributed by atoms with Gasteiger partial charge in [0, 0.05) is 0 Å². The van der Waals surface area contributed by atoms with Crippen LogP contribution in [0.5, 0.6) is 11.5 Å². The van der Waals surface area contributed by atoms with Gasteiger partial charge in [-0.3, -0.25) is 0 Å². The van der Waals surface area contributed by atoms with Crippen molar-refractivity contribution in [3.63, 3.8) is 0 Å². The first-order valence-corrected chi connectivity index (χ1v) is 11.3. The van der Waals surface area contributed by atoms with Gasteiger partial charge in [-0.15, -0.1) is 0 Å². The third-order valence-corrected chi connectivity index (χ3v) is 5.60. The van der Waals surface area contributed by atoms with Gasteiger partial charge in [-0.25, -0.2) is 9.59 Å². The van der Waals surface area contributed by atoms with Crippen LogP contribution >= 0.6 is 0 Å². The van der Waals surface area contributed by atoms with E-state index in [-0.39, 0.29) is 12.2 Å². The molecule has 1 fully saturated rings. The van der Waals surface area contributed by atoms with Gasteiger partial charge in [0.1, 0.15) is 36.4 Å². The molecule has 1 saturated heterocycles. The molecule has 0 radical (unpaired) electrons. The molecule has 3 aromatic rings. The summed E-state index contributed by atoms with van der Waals surface area (Å²) in [6.45, 7) is -0.367. The standard InChI is InChI=1S/C27H26O9/c1-32-19-12-14-20(15-13-19)34-27-24(36-26(31)18-10-6-3-7-11-18)23(29)22(28)21(35-27)16-33-25(30)17-8-4-2-5-9-17/h2-15,21-24,27-29H,16H2,1H3/t21-,22+,23+,24-,27-/m1/s1. The number of ether oxygens (including phenoxy) is 5. The predicted octanol–water partition coefficient (Wildman–Crippen LogP) is 2.60. The minimum absolute atomic E-state index is 0.251. The lowest BCUT2D eigenvalue weighted by Gasteiger charge is -2.41. The summed E-state index contributed by atoms with van der Waals surface area (Å²) in [5.41, 5.74) is 0.574. The normalized spacial score (nSPS) is 23.4. The molecule has 0 aliphatic carbocycles. The van der Waals surface area contributed by atoms with Crippen molar-refractivity contribution in [2.24, 2.45) is 0 Å². The highest BCUT2D eigenvalue weighted by atomic mass is 16.7. The lowest BCUT2D eigenvalue weighted by Crippen LogP contribution is -2.61. The quantitative estimate of drug-likeness (QED) is 0.455. The van der Waals surface area contributed by atoms with E-state index in [9.17, 15) is 19.8 Å². The van der Waals surface area contributed by atoms with Crippen molar-refractivity contribution >= 4 is 11.9 Å². The molecule has 36 heavy (non-hydrogen) atoms. The van der Waals surface area contributed by atoms with Gasteiger partial charge >= 0.3 is 11.9 Å². The highest BCUT2D eigenvalue weighted by Crippen LogP contribution is 2.28. The summed E-state index contributed by atoms with van der Waals surface area (Å²) < 4.78 is 27.7. The molecular weight excluding hydrogens is 468 g/mol. The van der Waals surface area contributed by atoms with Crippen molar-refractivity contribution in [3.05, 3.63) is 96.1 Å². The summed E-state index contributed by atoms with van der Waals surface area (Å²) in [5, 5.41) is 21.6. The number of aliphatic hydroxyl groups excluding tert-OH is 2. The Bertz CT molecular complexity index is 1130. The molecule has 2 N–H and O–H groups in total. The fourth-order valence-electron chi connectivity index (χ4n) is 3.63. The van der Waals surface area contributed by atoms with E-state index >= 15 is 0 Å². The van der Waals surface area contributed by atoms with Crippen LogP contribution in [0.1, 0.15) is 20.7 Å². The van der Waals surface area contributed by atoms with Crippen LogP contribution in [-0.4, -0.2) is 66.6 Å². The topological polar surface area (TPSA) is 121 Å². The molecule has 9 heteroatoms. The highest BCUT2D eigenvalue weighted by molar-refractivity contribution is 5.89. The zero-order valence-corrected chi connectivity index (χ0v) is 19.4. The third kappa shape index (κ3) is 6.01. The number of benzene rings is 3. The van der Waals surface area contributed by atoms with Crippen molar-refractivity contribution in [3.8, 4) is 11.5 Å². The number of hydrogen-bond donors (Lipinski definition) is 2. The lowest BCUT2D eigenvalue weighted by molar-refractivity contribution is -0.276. The van der Waals surface area contributed by atoms with Crippen molar-refractivity contribution in [1.29, 1.82) is 0 Å². The van der Waals surface area contributed by atoms with Gasteiger partial charge in [0.05, 0.1) is 18.2 Å². The van der Waals surface area contributed by atoms with Crippen LogP contribution in [0.25, 0.3) is 0 Å². The first-order valence-electron chi connectivity index (χ1n) is 11.3. The monoisotopic (exact) mass is 494 g/mol. The van der Waals surface area contributed by atoms with Crippen LogP contribution in [0.2, 0.25) is 0 Å². The molecule has 0 saturated carbocycles. The zero-order valence-electron chi connectivity index (χ0n) is 19.4. The molecule has 1 heterocycles. The van der Waals surface area contributed by atoms with E-state index in [0.717, 1.165) is 0 Å². The third-order valence-electron chi connectivity index (χ3n) is 5.60. The van der Waals surface area contributed by atoms with Gasteiger partial charge in [-0.1, -0.05) is 36.4 Å². The van der Waals surface area contributed by atoms with E-state index in [1.807, 2.05) is 0 Å². The van der Waals surface area contributed by atoms with E-state index in [0.29, 0.717) is 17.1 Å². The minimum atomic E-state index is -1.59. The van der Waals surface area contributed by atoms with Gasteiger partial charge in [-0.05, 0) is 48.5 Å². The smallest absolute Gasteiger partial charge is 0.338 e. The van der Waals surface area contributed by atoms with Crippen LogP contribution in [0.15, 0.2) is 84.9 Å². The largest absolute Gasteiger partial charge is 0.497 e. The van der Waals surface area contributed by atoms with E-state index in [4.69, 9.17) is 23.7 Å². The van der Waals surface area contributed by atoms with Gasteiger partial charge < -0.3 is 33.9 Å². The van der Waals surface area contributed by atoms with Crippen molar-refractivity contribution < 1.29 is 43.5 Å². The fraction of sp³-hybridized carbons (Fsp3) is 0.259. The maximum absolute atomic E-state index is 12.7. The molecule has 0 bridgehead atoms. The van der Waals surface area contributed by atoms with E-state index < -0.39 is 42.6 Å². The molecule has 5 atom stereocenters. The Morgan fingerprint density at radius 1 is 0.778 bits per heavy atom. The molecule has 1 aliphatic rings. The number of esters is 2. The van der Waals surface area contributed by atoms with Crippen molar-refractivity contribution in [1.82, 2.24) is 0 Å². The van der Waals surface area contributed by atoms with Gasteiger partial charge in [0.25, 0.3) is 0 Å². The van der Waals surface area contributed by atoms with Crippen LogP contribution in [0.3, 0.4) is 0 Å². The van der Waals surface area contributed by atoms with Crippen LogP contribution in [0.4, 0.5) is 0 Å². The molecule has 0 aromatic heterocycles. The Labute approximate surface area is 207 Å². The second-order valence-electron chi connectivity index (χ2n) is 8.02. The van der Waals surface area contributed by atoms with Gasteiger partial charge in [-0.2, -0.15) is 0 Å². The number of carbonyl (C=O) groups is 2. The van der Waals surface area contributed by atoms with E-state index in [1.54, 1.807) is 84.9 Å². The highest BCUT2D eigenvalue weighted by Gasteiger charge is 2.48. The van der Waals surface area contributed by atoms with Crippen LogP contribution in [-0.2, 0) is 14.2 Å². The second kappa shape index (κ2) is 11.7. The van der Waals surface area contributed by atoms with Crippen molar-refractivity contribution in [2.75, 3.05) is 13.7 Å². The minimum Gasteiger partial charge on any atom is -0.497 e. The summed E-state index contributed by atoms with van der Waals surface area (Å²) >= 11 is 0. The Hall–Kier alpha value is -3.92. The second-order valence-corrected chi connectivity index (χ2v) is 8.02. The SMILES string of the molecule is COc1ccc(O[C@@H]2O[C@H](COC(=O)c3ccccc3)[C@H](O)[C@H](O)[C@H]2OC(=O)c2ccccc2)cc1. The zero-order chi connectivity index (χ0) is 25.5. The number of aliphatic hydroxyl groups is 2.